The Bertz CT molecular complexity index is 725. The minimum Gasteiger partial charge on any atom is -0.289 e. The van der Waals surface area contributed by atoms with Gasteiger partial charge in [0.25, 0.3) is 0 Å². The Hall–Kier alpha value is 0.550. The Morgan fingerprint density at radius 1 is 0.750 bits per heavy atom. The van der Waals surface area contributed by atoms with Crippen molar-refractivity contribution >= 4 is 98.9 Å². The lowest BCUT2D eigenvalue weighted by Gasteiger charge is -2.19. The fourth-order valence-corrected chi connectivity index (χ4v) is 4.83. The van der Waals surface area contributed by atoms with Crippen LogP contribution < -0.4 is 0 Å². The summed E-state index contributed by atoms with van der Waals surface area (Å²) in [7, 11) is 0. The van der Waals surface area contributed by atoms with Gasteiger partial charge in [0.05, 0.1) is 0 Å². The zero-order valence-corrected chi connectivity index (χ0v) is 17.8. The molecule has 2 aromatic carbocycles. The van der Waals surface area contributed by atoms with Crippen LogP contribution in [0.25, 0.3) is 0 Å². The van der Waals surface area contributed by atoms with Gasteiger partial charge in [-0.2, -0.15) is 0 Å². The molecule has 0 amide bonds. The lowest BCUT2D eigenvalue weighted by atomic mass is 10.0. The van der Waals surface area contributed by atoms with Gasteiger partial charge in [-0.3, -0.25) is 4.79 Å². The van der Waals surface area contributed by atoms with Gasteiger partial charge in [-0.1, -0.05) is 130 Å². The first kappa shape index (κ1) is 20.9. The highest BCUT2D eigenvalue weighted by Crippen LogP contribution is 2.52. The molecule has 0 aromatic heterocycles. The summed E-state index contributed by atoms with van der Waals surface area (Å²) < 4.78 is -3.28. The molecule has 0 unspecified atom stereocenters. The minimum atomic E-state index is -1.67. The molecule has 2 aromatic rings. The highest BCUT2D eigenvalue weighted by Gasteiger charge is 2.30. The summed E-state index contributed by atoms with van der Waals surface area (Å²) in [6.45, 7) is 0. The van der Waals surface area contributed by atoms with E-state index in [1.165, 1.54) is 0 Å². The van der Waals surface area contributed by atoms with Gasteiger partial charge in [0, 0.05) is 20.9 Å². The minimum absolute atomic E-state index is 0.209. The van der Waals surface area contributed by atoms with Crippen LogP contribution in [0.5, 0.6) is 0 Å². The smallest absolute Gasteiger partial charge is 0.241 e. The summed E-state index contributed by atoms with van der Waals surface area (Å²) in [5.41, 5.74) is 0.886. The van der Waals surface area contributed by atoms with Gasteiger partial charge in [-0.05, 0) is 12.1 Å². The molecule has 24 heavy (non-hydrogen) atoms. The van der Waals surface area contributed by atoms with E-state index in [1.807, 2.05) is 6.07 Å². The molecule has 0 N–H and O–H groups in total. The van der Waals surface area contributed by atoms with E-state index in [0.29, 0.717) is 20.9 Å². The standard InChI is InChI=1S/C15H8Cl6OS2/c16-14(17,18)23-11-8-4-7-10(13(11)24-15(19,20)21)12(22)9-5-2-1-3-6-9/h1-8H. The Morgan fingerprint density at radius 2 is 1.33 bits per heavy atom. The molecule has 9 heteroatoms. The Morgan fingerprint density at radius 3 is 1.88 bits per heavy atom. The third-order valence-electron chi connectivity index (χ3n) is 2.70. The molecule has 0 bridgehead atoms. The van der Waals surface area contributed by atoms with Crippen molar-refractivity contribution in [3.63, 3.8) is 0 Å². The molecule has 2 rings (SSSR count). The zero-order valence-electron chi connectivity index (χ0n) is 11.6. The van der Waals surface area contributed by atoms with Crippen LogP contribution in [0.4, 0.5) is 0 Å². The molecule has 1 nitrogen and oxygen atoms in total. The first-order valence-corrected chi connectivity index (χ1v) is 10.2. The van der Waals surface area contributed by atoms with Gasteiger partial charge in [-0.15, -0.1) is 0 Å². The number of thioether (sulfide) groups is 2. The summed E-state index contributed by atoms with van der Waals surface area (Å²) in [6, 6.07) is 13.8. The fourth-order valence-electron chi connectivity index (χ4n) is 1.87. The van der Waals surface area contributed by atoms with Gasteiger partial charge in [0.15, 0.2) is 5.78 Å². The summed E-state index contributed by atoms with van der Waals surface area (Å²) >= 11 is 37.1. The Labute approximate surface area is 178 Å². The first-order chi connectivity index (χ1) is 11.1. The second kappa shape index (κ2) is 8.49. The van der Waals surface area contributed by atoms with Gasteiger partial charge in [-0.25, -0.2) is 0 Å². The lowest BCUT2D eigenvalue weighted by Crippen LogP contribution is -2.07. The maximum absolute atomic E-state index is 12.8. The summed E-state index contributed by atoms with van der Waals surface area (Å²) in [4.78, 5) is 13.8. The van der Waals surface area contributed by atoms with E-state index < -0.39 is 6.25 Å². The van der Waals surface area contributed by atoms with E-state index in [-0.39, 0.29) is 5.78 Å². The molecule has 0 heterocycles. The van der Waals surface area contributed by atoms with Crippen molar-refractivity contribution in [3.8, 4) is 0 Å². The highest BCUT2D eigenvalue weighted by atomic mass is 35.6. The number of ketones is 1. The first-order valence-electron chi connectivity index (χ1n) is 6.31. The van der Waals surface area contributed by atoms with Crippen LogP contribution in [0.15, 0.2) is 58.3 Å². The van der Waals surface area contributed by atoms with Crippen LogP contribution in [-0.2, 0) is 0 Å². The predicted molar refractivity (Wildman–Crippen MR) is 109 cm³/mol. The molecule has 0 saturated heterocycles. The zero-order chi connectivity index (χ0) is 18.0. The van der Waals surface area contributed by atoms with Crippen molar-refractivity contribution in [1.29, 1.82) is 0 Å². The molecule has 0 spiro atoms. The van der Waals surface area contributed by atoms with E-state index in [4.69, 9.17) is 69.6 Å². The van der Waals surface area contributed by atoms with E-state index >= 15 is 0 Å². The Balaban J connectivity index is 2.54. The van der Waals surface area contributed by atoms with Crippen molar-refractivity contribution in [2.75, 3.05) is 0 Å². The molecule has 128 valence electrons. The molecule has 0 aliphatic carbocycles. The molecule has 0 aliphatic heterocycles. The van der Waals surface area contributed by atoms with Crippen molar-refractivity contribution in [2.45, 2.75) is 16.0 Å². The highest BCUT2D eigenvalue weighted by molar-refractivity contribution is 8.07. The largest absolute Gasteiger partial charge is 0.289 e. The molecule has 0 radical (unpaired) electrons. The molecular formula is C15H8Cl6OS2. The number of benzene rings is 2. The van der Waals surface area contributed by atoms with Gasteiger partial charge in [0.2, 0.25) is 6.25 Å². The average molecular weight is 481 g/mol. The number of halogens is 6. The van der Waals surface area contributed by atoms with Crippen molar-refractivity contribution in [3.05, 3.63) is 59.7 Å². The normalized spacial score (nSPS) is 12.2. The van der Waals surface area contributed by atoms with Gasteiger partial charge >= 0.3 is 0 Å². The number of hydrogen-bond acceptors (Lipinski definition) is 3. The van der Waals surface area contributed by atoms with Crippen LogP contribution in [0.3, 0.4) is 0 Å². The van der Waals surface area contributed by atoms with Crippen molar-refractivity contribution in [1.82, 2.24) is 0 Å². The van der Waals surface area contributed by atoms with Crippen LogP contribution >= 0.6 is 93.1 Å². The lowest BCUT2D eigenvalue weighted by molar-refractivity contribution is 0.103. The Kier molecular flexibility index (Phi) is 7.38. The average Bonchev–Trinajstić information content (AvgIpc) is 2.46. The molecule has 0 fully saturated rings. The molecule has 0 saturated carbocycles. The SMILES string of the molecule is O=C(c1ccccc1)c1cccc(SC(Cl)(Cl)Cl)c1SC(Cl)(Cl)Cl. The fraction of sp³-hybridized carbons (Fsp3) is 0.133. The van der Waals surface area contributed by atoms with E-state index in [1.54, 1.807) is 42.5 Å². The van der Waals surface area contributed by atoms with Gasteiger partial charge < -0.3 is 0 Å². The quantitative estimate of drug-likeness (QED) is 0.253. The number of hydrogen-bond donors (Lipinski definition) is 0. The predicted octanol–water partition coefficient (Wildman–Crippen LogP) is 7.76. The van der Waals surface area contributed by atoms with Gasteiger partial charge in [0.1, 0.15) is 0 Å². The molecule has 0 atom stereocenters. The van der Waals surface area contributed by atoms with E-state index in [0.717, 1.165) is 23.5 Å². The summed E-state index contributed by atoms with van der Waals surface area (Å²) in [6.07, 6.45) is 0. The number of carbonyl (C=O) groups is 1. The molecule has 0 aliphatic rings. The number of carbonyl (C=O) groups excluding carboxylic acids is 1. The van der Waals surface area contributed by atoms with Crippen LogP contribution in [0.2, 0.25) is 0 Å². The van der Waals surface area contributed by atoms with Crippen LogP contribution in [-0.4, -0.2) is 12.0 Å². The number of rotatable bonds is 4. The topological polar surface area (TPSA) is 17.1 Å². The van der Waals surface area contributed by atoms with Crippen LogP contribution in [0.1, 0.15) is 15.9 Å². The maximum Gasteiger partial charge on any atom is 0.241 e. The third-order valence-corrected chi connectivity index (χ3v) is 5.89. The second-order valence-corrected chi connectivity index (χ2v) is 12.8. The van der Waals surface area contributed by atoms with Crippen LogP contribution in [0, 0.1) is 0 Å². The van der Waals surface area contributed by atoms with E-state index in [2.05, 4.69) is 0 Å². The monoisotopic (exact) mass is 478 g/mol. The van der Waals surface area contributed by atoms with E-state index in [9.17, 15) is 4.79 Å². The third kappa shape index (κ3) is 6.37. The maximum atomic E-state index is 12.8. The van der Waals surface area contributed by atoms with Crippen molar-refractivity contribution in [2.24, 2.45) is 0 Å². The summed E-state index contributed by atoms with van der Waals surface area (Å²) in [5, 5.41) is 0. The second-order valence-electron chi connectivity index (χ2n) is 4.42. The molecular weight excluding hydrogens is 473 g/mol. The van der Waals surface area contributed by atoms with Crippen molar-refractivity contribution < 1.29 is 4.79 Å². The number of alkyl halides is 6. The summed E-state index contributed by atoms with van der Waals surface area (Å²) in [5.74, 6) is -0.209.